The quantitative estimate of drug-likeness (QED) is 0.375. The second-order valence-corrected chi connectivity index (χ2v) is 2.63. The summed E-state index contributed by atoms with van der Waals surface area (Å²) < 4.78 is 0. The molecule has 0 spiro atoms. The van der Waals surface area contributed by atoms with E-state index in [-0.39, 0.29) is 5.92 Å². The van der Waals surface area contributed by atoms with Crippen molar-refractivity contribution in [3.8, 4) is 0 Å². The van der Waals surface area contributed by atoms with Gasteiger partial charge in [0, 0.05) is 4.91 Å². The van der Waals surface area contributed by atoms with Crippen molar-refractivity contribution in [3.05, 3.63) is 10.4 Å². The normalized spacial score (nSPS) is 17.2. The lowest BCUT2D eigenvalue weighted by Gasteiger charge is -2.24. The molecule has 0 aliphatic heterocycles. The fourth-order valence-electron chi connectivity index (χ4n) is 0.737. The van der Waals surface area contributed by atoms with Crippen molar-refractivity contribution < 1.29 is 9.90 Å². The molecule has 0 saturated carbocycles. The molecule has 0 saturated heterocycles. The zero-order valence-corrected chi connectivity index (χ0v) is 7.06. The first-order chi connectivity index (χ1) is 5.49. The molecule has 0 radical (unpaired) electrons. The van der Waals surface area contributed by atoms with E-state index in [9.17, 15) is 4.79 Å². The number of rotatable bonds is 4. The zero-order chi connectivity index (χ0) is 9.78. The standard InChI is InChI=1S/C6H12N4O2/c1-3-4(2)6(7,5(11)12)9-10-8/h4H,3,7H2,1-2H3,(H,11,12)/t4-,6+/m0/s1. The second-order valence-electron chi connectivity index (χ2n) is 2.63. The van der Waals surface area contributed by atoms with Crippen molar-refractivity contribution >= 4 is 5.97 Å². The van der Waals surface area contributed by atoms with Gasteiger partial charge in [-0.3, -0.25) is 4.79 Å². The highest BCUT2D eigenvalue weighted by atomic mass is 16.4. The largest absolute Gasteiger partial charge is 0.480 e. The Morgan fingerprint density at radius 1 is 1.92 bits per heavy atom. The van der Waals surface area contributed by atoms with E-state index in [1.807, 2.05) is 0 Å². The van der Waals surface area contributed by atoms with Crippen LogP contribution >= 0.6 is 0 Å². The first-order valence-corrected chi connectivity index (χ1v) is 3.57. The fraction of sp³-hybridized carbons (Fsp3) is 0.833. The van der Waals surface area contributed by atoms with Gasteiger partial charge in [-0.25, -0.2) is 0 Å². The van der Waals surface area contributed by atoms with Crippen molar-refractivity contribution in [1.82, 2.24) is 0 Å². The highest BCUT2D eigenvalue weighted by Crippen LogP contribution is 2.19. The number of hydrogen-bond acceptors (Lipinski definition) is 3. The Kier molecular flexibility index (Phi) is 3.53. The number of hydrogen-bond donors (Lipinski definition) is 2. The lowest BCUT2D eigenvalue weighted by molar-refractivity contribution is -0.145. The zero-order valence-electron chi connectivity index (χ0n) is 7.06. The number of carbonyl (C=O) groups is 1. The van der Waals surface area contributed by atoms with E-state index in [0.717, 1.165) is 0 Å². The monoisotopic (exact) mass is 172 g/mol. The average molecular weight is 172 g/mol. The summed E-state index contributed by atoms with van der Waals surface area (Å²) in [5, 5.41) is 11.8. The van der Waals surface area contributed by atoms with Gasteiger partial charge in [0.15, 0.2) is 5.66 Å². The van der Waals surface area contributed by atoms with Crippen LogP contribution in [0.25, 0.3) is 10.4 Å². The summed E-state index contributed by atoms with van der Waals surface area (Å²) in [6.45, 7) is 3.41. The van der Waals surface area contributed by atoms with Crippen LogP contribution in [-0.2, 0) is 4.79 Å². The van der Waals surface area contributed by atoms with Gasteiger partial charge in [-0.15, -0.1) is 0 Å². The summed E-state index contributed by atoms with van der Waals surface area (Å²) in [5.74, 6) is -1.68. The van der Waals surface area contributed by atoms with E-state index in [2.05, 4.69) is 10.0 Å². The third-order valence-corrected chi connectivity index (χ3v) is 1.92. The second kappa shape index (κ2) is 3.94. The van der Waals surface area contributed by atoms with Crippen LogP contribution in [0.1, 0.15) is 20.3 Å². The molecule has 0 fully saturated rings. The molecule has 68 valence electrons. The van der Waals surface area contributed by atoms with Crippen molar-refractivity contribution in [2.75, 3.05) is 0 Å². The maximum absolute atomic E-state index is 10.6. The van der Waals surface area contributed by atoms with Crippen LogP contribution in [0.5, 0.6) is 0 Å². The van der Waals surface area contributed by atoms with Crippen molar-refractivity contribution in [2.24, 2.45) is 16.8 Å². The van der Waals surface area contributed by atoms with Crippen molar-refractivity contribution in [1.29, 1.82) is 0 Å². The summed E-state index contributed by atoms with van der Waals surface area (Å²) in [6.07, 6.45) is 0.543. The highest BCUT2D eigenvalue weighted by molar-refractivity contribution is 5.78. The third kappa shape index (κ3) is 1.87. The van der Waals surface area contributed by atoms with Crippen LogP contribution in [0, 0.1) is 5.92 Å². The minimum atomic E-state index is -1.82. The average Bonchev–Trinajstić information content (AvgIpc) is 2.03. The number of carboxylic acids is 1. The van der Waals surface area contributed by atoms with Gasteiger partial charge in [0.2, 0.25) is 0 Å². The van der Waals surface area contributed by atoms with Gasteiger partial charge in [0.25, 0.3) is 0 Å². The molecule has 0 aromatic heterocycles. The summed E-state index contributed by atoms with van der Waals surface area (Å²) in [6, 6.07) is 0. The number of aliphatic carboxylic acids is 1. The minimum Gasteiger partial charge on any atom is -0.480 e. The molecular formula is C6H12N4O2. The molecule has 0 rings (SSSR count). The smallest absolute Gasteiger partial charge is 0.330 e. The Morgan fingerprint density at radius 3 is 2.67 bits per heavy atom. The van der Waals surface area contributed by atoms with E-state index in [1.54, 1.807) is 13.8 Å². The van der Waals surface area contributed by atoms with E-state index in [1.165, 1.54) is 0 Å². The van der Waals surface area contributed by atoms with Crippen molar-refractivity contribution in [2.45, 2.75) is 25.9 Å². The van der Waals surface area contributed by atoms with Crippen LogP contribution in [0.2, 0.25) is 0 Å². The van der Waals surface area contributed by atoms with Crippen LogP contribution in [-0.4, -0.2) is 16.7 Å². The minimum absolute atomic E-state index is 0.383. The highest BCUT2D eigenvalue weighted by Gasteiger charge is 2.38. The van der Waals surface area contributed by atoms with Crippen molar-refractivity contribution in [3.63, 3.8) is 0 Å². The number of nitrogens with two attached hydrogens (primary N) is 1. The molecule has 2 atom stereocenters. The molecule has 0 aliphatic carbocycles. The number of nitrogens with zero attached hydrogens (tertiary/aromatic N) is 3. The van der Waals surface area contributed by atoms with E-state index >= 15 is 0 Å². The van der Waals surface area contributed by atoms with Gasteiger partial charge in [0.05, 0.1) is 0 Å². The van der Waals surface area contributed by atoms with Crippen LogP contribution < -0.4 is 5.73 Å². The topological polar surface area (TPSA) is 112 Å². The Morgan fingerprint density at radius 2 is 2.42 bits per heavy atom. The third-order valence-electron chi connectivity index (χ3n) is 1.92. The lowest BCUT2D eigenvalue weighted by Crippen LogP contribution is -2.51. The van der Waals surface area contributed by atoms with Gasteiger partial charge in [-0.05, 0) is 11.4 Å². The Bertz CT molecular complexity index is 220. The molecule has 3 N–H and O–H groups in total. The Balaban J connectivity index is 4.85. The molecule has 0 unspecified atom stereocenters. The SMILES string of the molecule is CC[C@H](C)[C@@](N)(N=[N+]=[N-])C(=O)O. The summed E-state index contributed by atoms with van der Waals surface area (Å²) in [5.41, 5.74) is 11.7. The summed E-state index contributed by atoms with van der Waals surface area (Å²) in [7, 11) is 0. The lowest BCUT2D eigenvalue weighted by atomic mass is 9.93. The molecule has 0 heterocycles. The molecule has 0 aromatic rings. The van der Waals surface area contributed by atoms with Crippen LogP contribution in [0.15, 0.2) is 5.11 Å². The first kappa shape index (κ1) is 10.7. The molecule has 12 heavy (non-hydrogen) atoms. The predicted octanol–water partition coefficient (Wildman–Crippen LogP) is 1.08. The summed E-state index contributed by atoms with van der Waals surface area (Å²) in [4.78, 5) is 13.0. The number of azide groups is 1. The van der Waals surface area contributed by atoms with Crippen LogP contribution in [0.3, 0.4) is 0 Å². The van der Waals surface area contributed by atoms with Crippen LogP contribution in [0.4, 0.5) is 0 Å². The molecule has 0 aliphatic rings. The van der Waals surface area contributed by atoms with E-state index in [4.69, 9.17) is 16.4 Å². The number of carboxylic acid groups (broad SMARTS) is 1. The first-order valence-electron chi connectivity index (χ1n) is 3.57. The maximum atomic E-state index is 10.6. The van der Waals surface area contributed by atoms with Gasteiger partial charge in [0.1, 0.15) is 0 Å². The van der Waals surface area contributed by atoms with E-state index < -0.39 is 11.6 Å². The van der Waals surface area contributed by atoms with E-state index in [0.29, 0.717) is 6.42 Å². The Hall–Kier alpha value is -1.26. The molecule has 6 heteroatoms. The molecule has 0 bridgehead atoms. The fourth-order valence-corrected chi connectivity index (χ4v) is 0.737. The summed E-state index contributed by atoms with van der Waals surface area (Å²) >= 11 is 0. The van der Waals surface area contributed by atoms with Gasteiger partial charge in [-0.1, -0.05) is 25.4 Å². The molecule has 0 amide bonds. The van der Waals surface area contributed by atoms with Gasteiger partial charge in [-0.2, -0.15) is 0 Å². The van der Waals surface area contributed by atoms with Gasteiger partial charge >= 0.3 is 5.97 Å². The Labute approximate surface area is 70.0 Å². The molecule has 6 nitrogen and oxygen atoms in total. The predicted molar refractivity (Wildman–Crippen MR) is 43.2 cm³/mol. The molecular weight excluding hydrogens is 160 g/mol. The maximum Gasteiger partial charge on any atom is 0.330 e. The molecule has 0 aromatic carbocycles. The van der Waals surface area contributed by atoms with Gasteiger partial charge < -0.3 is 10.8 Å².